The van der Waals surface area contributed by atoms with Gasteiger partial charge in [-0.3, -0.25) is 0 Å². The number of nitrogens with two attached hydrogens (primary N) is 1. The van der Waals surface area contributed by atoms with Crippen LogP contribution in [0.1, 0.15) is 22.7 Å². The van der Waals surface area contributed by atoms with Crippen molar-refractivity contribution in [1.29, 1.82) is 0 Å². The number of nitrogens with zero attached hydrogens (tertiary/aromatic N) is 2. The average Bonchev–Trinajstić information content (AvgIpc) is 2.75. The van der Waals surface area contributed by atoms with Crippen molar-refractivity contribution in [3.05, 3.63) is 34.3 Å². The van der Waals surface area contributed by atoms with Gasteiger partial charge in [0, 0.05) is 34.6 Å². The number of rotatable bonds is 3. The van der Waals surface area contributed by atoms with Gasteiger partial charge in [0.15, 0.2) is 5.95 Å². The van der Waals surface area contributed by atoms with Crippen LogP contribution in [-0.4, -0.2) is 9.55 Å². The molecule has 0 bridgehead atoms. The fraction of sp³-hybridized carbons (Fsp3) is 0.364. The Labute approximate surface area is 93.6 Å². The van der Waals surface area contributed by atoms with Crippen LogP contribution in [0.5, 0.6) is 0 Å². The quantitative estimate of drug-likeness (QED) is 0.866. The summed E-state index contributed by atoms with van der Waals surface area (Å²) < 4.78 is 2.01. The molecule has 0 aliphatic rings. The van der Waals surface area contributed by atoms with Crippen LogP contribution in [0.3, 0.4) is 0 Å². The molecule has 1 atom stereocenters. The third-order valence-electron chi connectivity index (χ3n) is 2.47. The van der Waals surface area contributed by atoms with E-state index in [0.717, 1.165) is 6.42 Å². The van der Waals surface area contributed by atoms with Crippen LogP contribution >= 0.6 is 11.3 Å². The highest BCUT2D eigenvalue weighted by atomic mass is 32.1. The van der Waals surface area contributed by atoms with E-state index in [1.807, 2.05) is 22.1 Å². The molecule has 4 heteroatoms. The molecule has 0 saturated carbocycles. The van der Waals surface area contributed by atoms with Crippen LogP contribution in [0.4, 0.5) is 5.95 Å². The second kappa shape index (κ2) is 4.06. The number of hydrogen-bond acceptors (Lipinski definition) is 3. The zero-order chi connectivity index (χ0) is 10.8. The summed E-state index contributed by atoms with van der Waals surface area (Å²) in [4.78, 5) is 6.78. The molecule has 0 aliphatic heterocycles. The molecule has 0 spiro atoms. The van der Waals surface area contributed by atoms with Crippen molar-refractivity contribution in [3.8, 4) is 0 Å². The summed E-state index contributed by atoms with van der Waals surface area (Å²) in [5, 5.41) is 0. The SMILES string of the molecule is Cc1ccc(CC(C)n2ccnc2N)s1. The minimum atomic E-state index is 0.366. The zero-order valence-electron chi connectivity index (χ0n) is 8.97. The van der Waals surface area contributed by atoms with Crippen molar-refractivity contribution in [1.82, 2.24) is 9.55 Å². The van der Waals surface area contributed by atoms with Gasteiger partial charge in [0.2, 0.25) is 0 Å². The molecule has 80 valence electrons. The lowest BCUT2D eigenvalue weighted by molar-refractivity contribution is 0.556. The number of thiophene rings is 1. The molecule has 0 amide bonds. The molecular formula is C11H15N3S. The minimum Gasteiger partial charge on any atom is -0.369 e. The monoisotopic (exact) mass is 221 g/mol. The molecule has 0 radical (unpaired) electrons. The molecule has 0 aromatic carbocycles. The van der Waals surface area contributed by atoms with Gasteiger partial charge in [0.25, 0.3) is 0 Å². The maximum Gasteiger partial charge on any atom is 0.200 e. The lowest BCUT2D eigenvalue weighted by atomic mass is 10.2. The number of nitrogen functional groups attached to an aromatic ring is 1. The van der Waals surface area contributed by atoms with E-state index in [2.05, 4.69) is 31.0 Å². The van der Waals surface area contributed by atoms with E-state index in [-0.39, 0.29) is 0 Å². The van der Waals surface area contributed by atoms with Gasteiger partial charge in [0.1, 0.15) is 0 Å². The molecule has 2 rings (SSSR count). The van der Waals surface area contributed by atoms with Crippen molar-refractivity contribution < 1.29 is 0 Å². The highest BCUT2D eigenvalue weighted by Gasteiger charge is 2.09. The van der Waals surface area contributed by atoms with Gasteiger partial charge in [-0.15, -0.1) is 11.3 Å². The predicted octanol–water partition coefficient (Wildman–Crippen LogP) is 2.64. The standard InChI is InChI=1S/C11H15N3S/c1-8(14-6-5-13-11(14)12)7-10-4-3-9(2)15-10/h3-6,8H,7H2,1-2H3,(H2,12,13). The van der Waals surface area contributed by atoms with E-state index in [0.29, 0.717) is 12.0 Å². The Morgan fingerprint density at radius 1 is 1.53 bits per heavy atom. The normalized spacial score (nSPS) is 12.9. The van der Waals surface area contributed by atoms with Crippen molar-refractivity contribution in [2.24, 2.45) is 0 Å². The average molecular weight is 221 g/mol. The second-order valence-corrected chi connectivity index (χ2v) is 5.13. The van der Waals surface area contributed by atoms with Crippen LogP contribution in [0.2, 0.25) is 0 Å². The molecule has 2 aromatic rings. The molecule has 1 unspecified atom stereocenters. The van der Waals surface area contributed by atoms with Gasteiger partial charge in [-0.05, 0) is 26.0 Å². The Morgan fingerprint density at radius 3 is 2.87 bits per heavy atom. The highest BCUT2D eigenvalue weighted by molar-refractivity contribution is 7.11. The summed E-state index contributed by atoms with van der Waals surface area (Å²) in [6.07, 6.45) is 4.69. The summed E-state index contributed by atoms with van der Waals surface area (Å²) in [7, 11) is 0. The molecule has 0 aliphatic carbocycles. The number of anilines is 1. The van der Waals surface area contributed by atoms with Crippen LogP contribution in [0, 0.1) is 6.92 Å². The smallest absolute Gasteiger partial charge is 0.200 e. The first-order chi connectivity index (χ1) is 7.16. The summed E-state index contributed by atoms with van der Waals surface area (Å²) in [6.45, 7) is 4.29. The maximum absolute atomic E-state index is 5.76. The van der Waals surface area contributed by atoms with Crippen molar-refractivity contribution in [2.45, 2.75) is 26.3 Å². The number of aromatic nitrogens is 2. The topological polar surface area (TPSA) is 43.8 Å². The molecule has 3 nitrogen and oxygen atoms in total. The second-order valence-electron chi connectivity index (χ2n) is 3.76. The van der Waals surface area contributed by atoms with Gasteiger partial charge in [0.05, 0.1) is 0 Å². The van der Waals surface area contributed by atoms with E-state index in [9.17, 15) is 0 Å². The predicted molar refractivity (Wildman–Crippen MR) is 64.1 cm³/mol. The molecule has 2 heterocycles. The molecule has 15 heavy (non-hydrogen) atoms. The maximum atomic E-state index is 5.76. The van der Waals surface area contributed by atoms with Gasteiger partial charge in [-0.1, -0.05) is 0 Å². The van der Waals surface area contributed by atoms with E-state index in [1.54, 1.807) is 6.20 Å². The first kappa shape index (κ1) is 10.2. The third-order valence-corrected chi connectivity index (χ3v) is 3.49. The van der Waals surface area contributed by atoms with Crippen LogP contribution in [0.15, 0.2) is 24.5 Å². The van der Waals surface area contributed by atoms with Gasteiger partial charge >= 0.3 is 0 Å². The van der Waals surface area contributed by atoms with E-state index >= 15 is 0 Å². The fourth-order valence-corrected chi connectivity index (χ4v) is 2.69. The first-order valence-corrected chi connectivity index (χ1v) is 5.82. The fourth-order valence-electron chi connectivity index (χ4n) is 1.68. The lowest BCUT2D eigenvalue weighted by Crippen LogP contribution is -2.09. The molecule has 2 N–H and O–H groups in total. The van der Waals surface area contributed by atoms with Crippen molar-refractivity contribution in [3.63, 3.8) is 0 Å². The molecule has 0 fully saturated rings. The molecule has 2 aromatic heterocycles. The van der Waals surface area contributed by atoms with Crippen LogP contribution < -0.4 is 5.73 Å². The number of imidazole rings is 1. The number of hydrogen-bond donors (Lipinski definition) is 1. The van der Waals surface area contributed by atoms with Crippen LogP contribution in [-0.2, 0) is 6.42 Å². The Morgan fingerprint density at radius 2 is 2.33 bits per heavy atom. The number of aryl methyl sites for hydroxylation is 1. The molecule has 0 saturated heterocycles. The lowest BCUT2D eigenvalue weighted by Gasteiger charge is -2.13. The summed E-state index contributed by atoms with van der Waals surface area (Å²) >= 11 is 1.84. The van der Waals surface area contributed by atoms with Gasteiger partial charge in [-0.25, -0.2) is 4.98 Å². The van der Waals surface area contributed by atoms with Gasteiger partial charge in [-0.2, -0.15) is 0 Å². The van der Waals surface area contributed by atoms with Crippen molar-refractivity contribution >= 4 is 17.3 Å². The first-order valence-electron chi connectivity index (χ1n) is 5.00. The van der Waals surface area contributed by atoms with Crippen molar-refractivity contribution in [2.75, 3.05) is 5.73 Å². The zero-order valence-corrected chi connectivity index (χ0v) is 9.79. The Hall–Kier alpha value is -1.29. The largest absolute Gasteiger partial charge is 0.369 e. The van der Waals surface area contributed by atoms with Gasteiger partial charge < -0.3 is 10.3 Å². The third kappa shape index (κ3) is 2.21. The minimum absolute atomic E-state index is 0.366. The Bertz CT molecular complexity index is 444. The summed E-state index contributed by atoms with van der Waals surface area (Å²) in [6, 6.07) is 4.71. The van der Waals surface area contributed by atoms with E-state index < -0.39 is 0 Å². The summed E-state index contributed by atoms with van der Waals surface area (Å²) in [5.41, 5.74) is 5.76. The van der Waals surface area contributed by atoms with Crippen LogP contribution in [0.25, 0.3) is 0 Å². The molecular weight excluding hydrogens is 206 g/mol. The van der Waals surface area contributed by atoms with E-state index in [1.165, 1.54) is 9.75 Å². The van der Waals surface area contributed by atoms with E-state index in [4.69, 9.17) is 5.73 Å². The summed E-state index contributed by atoms with van der Waals surface area (Å²) in [5.74, 6) is 0.593. The highest BCUT2D eigenvalue weighted by Crippen LogP contribution is 2.22. The Kier molecular flexibility index (Phi) is 2.77. The Balaban J connectivity index is 2.10.